The number of sulfonamides is 1. The number of imidazole rings is 1. The number of aliphatic hydroxyl groups is 1. The van der Waals surface area contributed by atoms with Gasteiger partial charge in [0, 0.05) is 62.7 Å². The molecule has 11 nitrogen and oxygen atoms in total. The quantitative estimate of drug-likeness (QED) is 0.327. The molecule has 2 aromatic heterocycles. The molecule has 2 fully saturated rings. The summed E-state index contributed by atoms with van der Waals surface area (Å²) in [5.74, 6) is -0.350. The molecule has 0 radical (unpaired) electrons. The molecule has 0 saturated carbocycles. The van der Waals surface area contributed by atoms with Crippen LogP contribution < -0.4 is 10.9 Å². The number of hydrogen-bond donors (Lipinski definition) is 2. The van der Waals surface area contributed by atoms with Crippen LogP contribution >= 0.6 is 0 Å². The van der Waals surface area contributed by atoms with E-state index in [0.29, 0.717) is 26.1 Å². The summed E-state index contributed by atoms with van der Waals surface area (Å²) in [6, 6.07) is 9.50. The number of aromatic nitrogens is 3. The summed E-state index contributed by atoms with van der Waals surface area (Å²) in [6.07, 6.45) is 9.56. The molecular weight excluding hydrogens is 556 g/mol. The number of nitrogens with zero attached hydrogens (tertiary/aromatic N) is 5. The molecule has 0 spiro atoms. The largest absolute Gasteiger partial charge is 0.390 e. The number of aliphatic hydroxyl groups excluding tert-OH is 1. The average Bonchev–Trinajstić information content (AvgIpc) is 3.52. The second-order valence-electron chi connectivity index (χ2n) is 12.0. The lowest BCUT2D eigenvalue weighted by molar-refractivity contribution is 0.0429. The highest BCUT2D eigenvalue weighted by molar-refractivity contribution is 7.88. The van der Waals surface area contributed by atoms with E-state index in [9.17, 15) is 23.1 Å². The summed E-state index contributed by atoms with van der Waals surface area (Å²) in [4.78, 5) is 33.0. The normalized spacial score (nSPS) is 21.8. The molecular formula is C30H42N6O5S. The van der Waals surface area contributed by atoms with Gasteiger partial charge in [-0.15, -0.1) is 0 Å². The van der Waals surface area contributed by atoms with Crippen LogP contribution in [-0.4, -0.2) is 92.9 Å². The van der Waals surface area contributed by atoms with E-state index in [2.05, 4.69) is 15.2 Å². The molecule has 0 aliphatic carbocycles. The first kappa shape index (κ1) is 30.4. The molecule has 5 rings (SSSR count). The van der Waals surface area contributed by atoms with E-state index in [1.807, 2.05) is 48.9 Å². The van der Waals surface area contributed by atoms with Gasteiger partial charge in [0.25, 0.3) is 11.5 Å². The fourth-order valence-corrected chi connectivity index (χ4v) is 7.59. The molecule has 2 aliphatic rings. The van der Waals surface area contributed by atoms with Crippen LogP contribution in [0.5, 0.6) is 0 Å². The van der Waals surface area contributed by atoms with E-state index < -0.39 is 16.1 Å². The molecule has 4 heterocycles. The lowest BCUT2D eigenvalue weighted by Gasteiger charge is -2.40. The Bertz CT molecular complexity index is 1540. The van der Waals surface area contributed by atoms with Crippen molar-refractivity contribution in [1.29, 1.82) is 0 Å². The number of benzene rings is 1. The zero-order chi connectivity index (χ0) is 30.0. The first-order valence-electron chi connectivity index (χ1n) is 14.8. The molecule has 12 heteroatoms. The van der Waals surface area contributed by atoms with E-state index in [-0.39, 0.29) is 47.7 Å². The van der Waals surface area contributed by atoms with Crippen molar-refractivity contribution in [2.75, 3.05) is 25.9 Å². The van der Waals surface area contributed by atoms with Gasteiger partial charge in [-0.2, -0.15) is 4.31 Å². The summed E-state index contributed by atoms with van der Waals surface area (Å²) >= 11 is 0. The van der Waals surface area contributed by atoms with Crippen molar-refractivity contribution >= 4 is 26.8 Å². The number of amides is 1. The van der Waals surface area contributed by atoms with Gasteiger partial charge < -0.3 is 19.6 Å². The second kappa shape index (κ2) is 12.7. The van der Waals surface area contributed by atoms with Gasteiger partial charge in [-0.1, -0.05) is 18.2 Å². The van der Waals surface area contributed by atoms with Crippen molar-refractivity contribution in [3.8, 4) is 0 Å². The number of para-hydroxylation sites is 1. The number of hydrogen-bond acceptors (Lipinski definition) is 7. The number of carbonyl (C=O) groups is 1. The van der Waals surface area contributed by atoms with E-state index in [1.54, 1.807) is 23.2 Å². The lowest BCUT2D eigenvalue weighted by Crippen LogP contribution is -2.53. The van der Waals surface area contributed by atoms with Crippen molar-refractivity contribution in [3.63, 3.8) is 0 Å². The van der Waals surface area contributed by atoms with Gasteiger partial charge in [-0.05, 0) is 63.5 Å². The fourth-order valence-electron chi connectivity index (χ4n) is 6.69. The van der Waals surface area contributed by atoms with Gasteiger partial charge in [0.2, 0.25) is 10.0 Å². The monoisotopic (exact) mass is 598 g/mol. The van der Waals surface area contributed by atoms with Gasteiger partial charge in [0.15, 0.2) is 0 Å². The Labute approximate surface area is 247 Å². The summed E-state index contributed by atoms with van der Waals surface area (Å²) in [7, 11) is -3.47. The Morgan fingerprint density at radius 3 is 2.55 bits per heavy atom. The maximum Gasteiger partial charge on any atom is 0.264 e. The first-order valence-corrected chi connectivity index (χ1v) is 16.7. The smallest absolute Gasteiger partial charge is 0.264 e. The van der Waals surface area contributed by atoms with E-state index in [4.69, 9.17) is 0 Å². The van der Waals surface area contributed by atoms with Crippen LogP contribution in [0.3, 0.4) is 0 Å². The summed E-state index contributed by atoms with van der Waals surface area (Å²) < 4.78 is 29.8. The van der Waals surface area contributed by atoms with E-state index in [0.717, 1.165) is 36.6 Å². The topological polar surface area (TPSA) is 130 Å². The molecule has 3 aromatic rings. The molecule has 2 bridgehead atoms. The van der Waals surface area contributed by atoms with Crippen LogP contribution in [0.15, 0.2) is 53.8 Å². The predicted octanol–water partition coefficient (Wildman–Crippen LogP) is 2.22. The number of fused-ring (bicyclic) bond motifs is 3. The van der Waals surface area contributed by atoms with Crippen LogP contribution in [0.1, 0.15) is 62.4 Å². The van der Waals surface area contributed by atoms with Gasteiger partial charge in [-0.25, -0.2) is 13.4 Å². The second-order valence-corrected chi connectivity index (χ2v) is 14.0. The van der Waals surface area contributed by atoms with Gasteiger partial charge in [0.1, 0.15) is 5.56 Å². The van der Waals surface area contributed by atoms with Gasteiger partial charge in [0.05, 0.1) is 24.2 Å². The zero-order valence-corrected chi connectivity index (χ0v) is 25.4. The molecule has 2 aliphatic heterocycles. The molecule has 1 amide bonds. The molecule has 2 unspecified atom stereocenters. The first-order chi connectivity index (χ1) is 20.0. The average molecular weight is 599 g/mol. The summed E-state index contributed by atoms with van der Waals surface area (Å²) in [6.45, 7) is 5.27. The van der Waals surface area contributed by atoms with Crippen molar-refractivity contribution in [2.24, 2.45) is 0 Å². The van der Waals surface area contributed by atoms with Crippen molar-refractivity contribution in [1.82, 2.24) is 28.6 Å². The van der Waals surface area contributed by atoms with Crippen molar-refractivity contribution < 1.29 is 18.3 Å². The summed E-state index contributed by atoms with van der Waals surface area (Å²) in [5.41, 5.74) is 0.679. The Morgan fingerprint density at radius 1 is 1.19 bits per heavy atom. The zero-order valence-electron chi connectivity index (χ0n) is 24.6. The third kappa shape index (κ3) is 6.77. The molecule has 2 N–H and O–H groups in total. The highest BCUT2D eigenvalue weighted by atomic mass is 32.2. The Kier molecular flexibility index (Phi) is 9.17. The highest BCUT2D eigenvalue weighted by Gasteiger charge is 2.42. The predicted molar refractivity (Wildman–Crippen MR) is 162 cm³/mol. The van der Waals surface area contributed by atoms with Crippen LogP contribution in [0.2, 0.25) is 0 Å². The van der Waals surface area contributed by atoms with Gasteiger partial charge in [-0.3, -0.25) is 14.5 Å². The highest BCUT2D eigenvalue weighted by Crippen LogP contribution is 2.36. The number of carbonyl (C=O) groups excluding carboxylic acids is 1. The number of rotatable bonds is 12. The van der Waals surface area contributed by atoms with E-state index >= 15 is 0 Å². The standard InChI is InChI=1S/C30H42N6O5S/c1-21(2)36-28-8-5-4-7-22(28)15-27(30(36)39)29(38)32-23-16-24-9-10-25(17-23)35(24)19-26(37)18-34(42(3,40)41)13-6-12-33-14-11-31-20-33/h4-5,7-8,11,14-15,20-21,23-26,37H,6,9-10,12-13,16-19H2,1-3H3,(H,32,38)/t23?,24-,25+,26?. The minimum Gasteiger partial charge on any atom is -0.390 e. The SMILES string of the molecule is CC(C)n1c(=O)c(C(=O)NC2C[C@H]3CC[C@@H](C2)N3CC(O)CN(CCCn2ccnc2)S(C)(=O)=O)cc2ccccc21. The molecule has 2 saturated heterocycles. The van der Waals surface area contributed by atoms with Gasteiger partial charge >= 0.3 is 0 Å². The number of aryl methyl sites for hydroxylation is 1. The van der Waals surface area contributed by atoms with Crippen molar-refractivity contribution in [2.45, 2.75) is 82.8 Å². The Morgan fingerprint density at radius 2 is 1.90 bits per heavy atom. The van der Waals surface area contributed by atoms with Crippen LogP contribution in [0.25, 0.3) is 10.9 Å². The number of piperidine rings is 1. The number of pyridine rings is 1. The van der Waals surface area contributed by atoms with Crippen LogP contribution in [-0.2, 0) is 16.6 Å². The molecule has 1 aromatic carbocycles. The molecule has 4 atom stereocenters. The fraction of sp³-hybridized carbons (Fsp3) is 0.567. The minimum atomic E-state index is -3.47. The maximum atomic E-state index is 13.4. The minimum absolute atomic E-state index is 0.0446. The van der Waals surface area contributed by atoms with E-state index in [1.165, 1.54) is 10.6 Å². The lowest BCUT2D eigenvalue weighted by atomic mass is 9.96. The third-order valence-electron chi connectivity index (χ3n) is 8.61. The van der Waals surface area contributed by atoms with Crippen LogP contribution in [0, 0.1) is 0 Å². The molecule has 228 valence electrons. The maximum absolute atomic E-state index is 13.4. The Hall–Kier alpha value is -3.06. The Balaban J connectivity index is 1.19. The number of nitrogens with one attached hydrogen (secondary N) is 1. The molecule has 42 heavy (non-hydrogen) atoms. The van der Waals surface area contributed by atoms with Crippen molar-refractivity contribution in [3.05, 3.63) is 65.0 Å². The summed E-state index contributed by atoms with van der Waals surface area (Å²) in [5, 5.41) is 14.9. The third-order valence-corrected chi connectivity index (χ3v) is 9.88. The van der Waals surface area contributed by atoms with Crippen LogP contribution in [0.4, 0.5) is 0 Å².